The van der Waals surface area contributed by atoms with Gasteiger partial charge in [-0.3, -0.25) is 4.98 Å². The lowest BCUT2D eigenvalue weighted by atomic mass is 10.2. The topological polar surface area (TPSA) is 72.0 Å². The summed E-state index contributed by atoms with van der Waals surface area (Å²) in [5, 5.41) is 8.95. The molecular weight excluding hydrogens is 166 g/mol. The molecule has 0 saturated heterocycles. The smallest absolute Gasteiger partial charge is 0.147 e. The highest BCUT2D eigenvalue weighted by Gasteiger charge is 2.04. The molecule has 1 aromatic rings. The van der Waals surface area contributed by atoms with E-state index in [0.29, 0.717) is 10.8 Å². The first-order valence-electron chi connectivity index (χ1n) is 3.08. The Morgan fingerprint density at radius 2 is 2.27 bits per heavy atom. The van der Waals surface area contributed by atoms with E-state index in [9.17, 15) is 0 Å². The Bertz CT molecular complexity index is 226. The fraction of sp³-hybridized carbons (Fsp3) is 0.333. The zero-order valence-electron chi connectivity index (χ0n) is 5.74. The van der Waals surface area contributed by atoms with Gasteiger partial charge in [0.1, 0.15) is 5.15 Å². The average Bonchev–Trinajstić information content (AvgIpc) is 2.05. The van der Waals surface area contributed by atoms with Gasteiger partial charge in [0, 0.05) is 0 Å². The third-order valence-electron chi connectivity index (χ3n) is 1.22. The highest BCUT2D eigenvalue weighted by molar-refractivity contribution is 6.29. The van der Waals surface area contributed by atoms with Gasteiger partial charge in [-0.05, 0) is 0 Å². The van der Waals surface area contributed by atoms with E-state index in [1.807, 2.05) is 0 Å². The molecule has 0 aliphatic heterocycles. The number of hydrogen-bond acceptors (Lipinski definition) is 4. The van der Waals surface area contributed by atoms with Crippen LogP contribution in [0.25, 0.3) is 0 Å². The SMILES string of the molecule is NC(CO)c1cnc(Cl)cn1. The summed E-state index contributed by atoms with van der Waals surface area (Å²) in [6.45, 7) is -0.143. The summed E-state index contributed by atoms with van der Waals surface area (Å²) in [4.78, 5) is 7.63. The molecule has 1 heterocycles. The van der Waals surface area contributed by atoms with Gasteiger partial charge in [0.05, 0.1) is 30.7 Å². The van der Waals surface area contributed by atoms with Crippen molar-refractivity contribution < 1.29 is 5.11 Å². The Morgan fingerprint density at radius 3 is 2.73 bits per heavy atom. The van der Waals surface area contributed by atoms with Crippen molar-refractivity contribution in [1.82, 2.24) is 9.97 Å². The molecule has 0 aliphatic carbocycles. The van der Waals surface area contributed by atoms with Gasteiger partial charge in [0.25, 0.3) is 0 Å². The third-order valence-corrected chi connectivity index (χ3v) is 1.41. The second-order valence-corrected chi connectivity index (χ2v) is 2.44. The van der Waals surface area contributed by atoms with E-state index in [2.05, 4.69) is 9.97 Å². The van der Waals surface area contributed by atoms with Crippen LogP contribution < -0.4 is 5.73 Å². The monoisotopic (exact) mass is 173 g/mol. The van der Waals surface area contributed by atoms with Crippen LogP contribution in [-0.4, -0.2) is 21.7 Å². The molecule has 1 aromatic heterocycles. The van der Waals surface area contributed by atoms with Crippen molar-refractivity contribution in [3.05, 3.63) is 23.2 Å². The van der Waals surface area contributed by atoms with Crippen LogP contribution in [0.2, 0.25) is 5.15 Å². The highest BCUT2D eigenvalue weighted by Crippen LogP contribution is 2.06. The van der Waals surface area contributed by atoms with Crippen molar-refractivity contribution in [2.45, 2.75) is 6.04 Å². The normalized spacial score (nSPS) is 13.0. The lowest BCUT2D eigenvalue weighted by Crippen LogP contribution is -2.16. The average molecular weight is 174 g/mol. The predicted molar refractivity (Wildman–Crippen MR) is 41.1 cm³/mol. The van der Waals surface area contributed by atoms with Crippen molar-refractivity contribution in [3.8, 4) is 0 Å². The van der Waals surface area contributed by atoms with Crippen LogP contribution >= 0.6 is 11.6 Å². The maximum atomic E-state index is 8.63. The van der Waals surface area contributed by atoms with E-state index in [0.717, 1.165) is 0 Å². The Kier molecular flexibility index (Phi) is 2.76. The Balaban J connectivity index is 2.81. The fourth-order valence-electron chi connectivity index (χ4n) is 0.607. The number of nitrogens with two attached hydrogens (primary N) is 1. The molecule has 3 N–H and O–H groups in total. The standard InChI is InChI=1S/C6H8ClN3O/c7-6-2-9-5(1-10-6)4(8)3-11/h1-2,4,11H,3,8H2. The second kappa shape index (κ2) is 3.61. The number of nitrogens with zero attached hydrogens (tertiary/aromatic N) is 2. The van der Waals surface area contributed by atoms with Gasteiger partial charge in [-0.25, -0.2) is 4.98 Å². The van der Waals surface area contributed by atoms with Crippen LogP contribution in [0.4, 0.5) is 0 Å². The molecule has 0 spiro atoms. The van der Waals surface area contributed by atoms with Crippen LogP contribution in [0.3, 0.4) is 0 Å². The van der Waals surface area contributed by atoms with Crippen molar-refractivity contribution in [1.29, 1.82) is 0 Å². The Labute approximate surface area is 69.0 Å². The van der Waals surface area contributed by atoms with Crippen LogP contribution in [0.1, 0.15) is 11.7 Å². The summed E-state index contributed by atoms with van der Waals surface area (Å²) in [7, 11) is 0. The van der Waals surface area contributed by atoms with Crippen LogP contribution in [-0.2, 0) is 0 Å². The number of hydrogen-bond donors (Lipinski definition) is 2. The summed E-state index contributed by atoms with van der Waals surface area (Å²) in [6.07, 6.45) is 2.84. The summed E-state index contributed by atoms with van der Waals surface area (Å²) in [5.41, 5.74) is 5.99. The van der Waals surface area contributed by atoms with E-state index >= 15 is 0 Å². The molecular formula is C6H8ClN3O. The van der Waals surface area contributed by atoms with Gasteiger partial charge < -0.3 is 10.8 Å². The molecule has 0 bridgehead atoms. The highest BCUT2D eigenvalue weighted by atomic mass is 35.5. The minimum absolute atomic E-state index is 0.143. The van der Waals surface area contributed by atoms with Gasteiger partial charge in [-0.2, -0.15) is 0 Å². The number of aliphatic hydroxyl groups is 1. The summed E-state index contributed by atoms with van der Waals surface area (Å²) >= 11 is 5.48. The maximum Gasteiger partial charge on any atom is 0.147 e. The number of rotatable bonds is 2. The minimum Gasteiger partial charge on any atom is -0.394 e. The van der Waals surface area contributed by atoms with Crippen LogP contribution in [0.5, 0.6) is 0 Å². The van der Waals surface area contributed by atoms with E-state index < -0.39 is 6.04 Å². The quantitative estimate of drug-likeness (QED) is 0.667. The minimum atomic E-state index is -0.472. The number of aliphatic hydroxyl groups excluding tert-OH is 1. The lowest BCUT2D eigenvalue weighted by Gasteiger charge is -2.04. The van der Waals surface area contributed by atoms with Gasteiger partial charge in [0.2, 0.25) is 0 Å². The molecule has 0 amide bonds. The molecule has 0 fully saturated rings. The zero-order chi connectivity index (χ0) is 8.27. The molecule has 0 aromatic carbocycles. The number of halogens is 1. The summed E-state index contributed by atoms with van der Waals surface area (Å²) in [5.74, 6) is 0. The first-order valence-corrected chi connectivity index (χ1v) is 3.45. The van der Waals surface area contributed by atoms with E-state index in [-0.39, 0.29) is 6.61 Å². The first-order chi connectivity index (χ1) is 5.24. The molecule has 0 radical (unpaired) electrons. The molecule has 11 heavy (non-hydrogen) atoms. The molecule has 1 rings (SSSR count). The van der Waals surface area contributed by atoms with E-state index in [1.165, 1.54) is 12.4 Å². The van der Waals surface area contributed by atoms with Gasteiger partial charge in [-0.15, -0.1) is 0 Å². The number of aromatic nitrogens is 2. The van der Waals surface area contributed by atoms with Crippen molar-refractivity contribution >= 4 is 11.6 Å². The van der Waals surface area contributed by atoms with E-state index in [4.69, 9.17) is 22.4 Å². The third kappa shape index (κ3) is 2.11. The van der Waals surface area contributed by atoms with E-state index in [1.54, 1.807) is 0 Å². The van der Waals surface area contributed by atoms with Crippen molar-refractivity contribution in [2.24, 2.45) is 5.73 Å². The largest absolute Gasteiger partial charge is 0.394 e. The van der Waals surface area contributed by atoms with Gasteiger partial charge >= 0.3 is 0 Å². The predicted octanol–water partition coefficient (Wildman–Crippen LogP) is 0.122. The van der Waals surface area contributed by atoms with Gasteiger partial charge in [-0.1, -0.05) is 11.6 Å². The molecule has 60 valence electrons. The molecule has 0 aliphatic rings. The summed E-state index contributed by atoms with van der Waals surface area (Å²) < 4.78 is 0. The van der Waals surface area contributed by atoms with Gasteiger partial charge in [0.15, 0.2) is 0 Å². The Hall–Kier alpha value is -0.710. The van der Waals surface area contributed by atoms with Crippen LogP contribution in [0, 0.1) is 0 Å². The van der Waals surface area contributed by atoms with Crippen molar-refractivity contribution in [3.63, 3.8) is 0 Å². The zero-order valence-corrected chi connectivity index (χ0v) is 6.49. The molecule has 1 unspecified atom stereocenters. The fourth-order valence-corrected chi connectivity index (χ4v) is 0.705. The molecule has 0 saturated carbocycles. The summed E-state index contributed by atoms with van der Waals surface area (Å²) in [6, 6.07) is -0.472. The lowest BCUT2D eigenvalue weighted by molar-refractivity contribution is 0.265. The maximum absolute atomic E-state index is 8.63. The molecule has 1 atom stereocenters. The van der Waals surface area contributed by atoms with Crippen molar-refractivity contribution in [2.75, 3.05) is 6.61 Å². The second-order valence-electron chi connectivity index (χ2n) is 2.05. The first kappa shape index (κ1) is 8.39. The Morgan fingerprint density at radius 1 is 1.55 bits per heavy atom. The molecule has 5 heteroatoms. The molecule has 4 nitrogen and oxygen atoms in total. The van der Waals surface area contributed by atoms with Crippen LogP contribution in [0.15, 0.2) is 12.4 Å².